The van der Waals surface area contributed by atoms with Gasteiger partial charge in [-0.3, -0.25) is 0 Å². The average molecular weight is 230 g/mol. The molecule has 17 heavy (non-hydrogen) atoms. The molecule has 1 aromatic carbocycles. The van der Waals surface area contributed by atoms with Crippen molar-refractivity contribution < 1.29 is 9.84 Å². The number of aryl methyl sites for hydroxylation is 1. The zero-order valence-corrected chi connectivity index (χ0v) is 10.2. The smallest absolute Gasteiger partial charge is 0.119 e. The van der Waals surface area contributed by atoms with Gasteiger partial charge in [-0.25, -0.2) is 0 Å². The zero-order chi connectivity index (χ0) is 12.1. The van der Waals surface area contributed by atoms with Gasteiger partial charge in [-0.05, 0) is 49.4 Å². The average Bonchev–Trinajstić information content (AvgIpc) is 3.13. The lowest BCUT2D eigenvalue weighted by atomic mass is 10.1. The number of benzene rings is 1. The third-order valence-electron chi connectivity index (χ3n) is 2.84. The summed E-state index contributed by atoms with van der Waals surface area (Å²) in [5.74, 6) is 7.69. The molecule has 90 valence electrons. The van der Waals surface area contributed by atoms with E-state index in [4.69, 9.17) is 9.84 Å². The summed E-state index contributed by atoms with van der Waals surface area (Å²) >= 11 is 0. The molecule has 0 bridgehead atoms. The van der Waals surface area contributed by atoms with Crippen LogP contribution in [0.5, 0.6) is 5.75 Å². The van der Waals surface area contributed by atoms with Gasteiger partial charge in [0.15, 0.2) is 0 Å². The highest BCUT2D eigenvalue weighted by molar-refractivity contribution is 5.44. The molecule has 1 fully saturated rings. The predicted molar refractivity (Wildman–Crippen MR) is 68.0 cm³/mol. The lowest BCUT2D eigenvalue weighted by Crippen LogP contribution is -1.99. The molecular weight excluding hydrogens is 212 g/mol. The van der Waals surface area contributed by atoms with Gasteiger partial charge in [-0.15, -0.1) is 0 Å². The van der Waals surface area contributed by atoms with Gasteiger partial charge >= 0.3 is 0 Å². The molecule has 1 aliphatic rings. The molecule has 1 aliphatic carbocycles. The maximum Gasteiger partial charge on any atom is 0.119 e. The van der Waals surface area contributed by atoms with Crippen molar-refractivity contribution in [3.05, 3.63) is 29.3 Å². The van der Waals surface area contributed by atoms with E-state index in [0.29, 0.717) is 6.42 Å². The summed E-state index contributed by atoms with van der Waals surface area (Å²) in [4.78, 5) is 0. The molecule has 0 amide bonds. The Morgan fingerprint density at radius 2 is 2.24 bits per heavy atom. The van der Waals surface area contributed by atoms with E-state index >= 15 is 0 Å². The highest BCUT2D eigenvalue weighted by atomic mass is 16.5. The molecule has 2 heteroatoms. The normalized spacial score (nSPS) is 14.0. The van der Waals surface area contributed by atoms with Gasteiger partial charge in [-0.1, -0.05) is 11.8 Å². The van der Waals surface area contributed by atoms with Crippen LogP contribution in [0.2, 0.25) is 0 Å². The van der Waals surface area contributed by atoms with Crippen molar-refractivity contribution >= 4 is 0 Å². The fourth-order valence-electron chi connectivity index (χ4n) is 1.58. The van der Waals surface area contributed by atoms with Crippen molar-refractivity contribution in [3.8, 4) is 17.6 Å². The molecule has 1 saturated carbocycles. The van der Waals surface area contributed by atoms with Gasteiger partial charge in [-0.2, -0.15) is 0 Å². The molecule has 2 nitrogen and oxygen atoms in total. The molecule has 0 atom stereocenters. The van der Waals surface area contributed by atoms with Crippen molar-refractivity contribution in [2.45, 2.75) is 26.2 Å². The van der Waals surface area contributed by atoms with Crippen molar-refractivity contribution in [1.29, 1.82) is 0 Å². The molecule has 1 N–H and O–H groups in total. The van der Waals surface area contributed by atoms with E-state index < -0.39 is 0 Å². The number of ether oxygens (including phenoxy) is 1. The Kier molecular flexibility index (Phi) is 4.06. The van der Waals surface area contributed by atoms with Crippen LogP contribution in [0.4, 0.5) is 0 Å². The Hall–Kier alpha value is -1.46. The van der Waals surface area contributed by atoms with Crippen molar-refractivity contribution in [2.24, 2.45) is 5.92 Å². The second-order valence-corrected chi connectivity index (χ2v) is 4.51. The monoisotopic (exact) mass is 230 g/mol. The molecule has 1 aromatic rings. The van der Waals surface area contributed by atoms with E-state index in [2.05, 4.69) is 11.8 Å². The second-order valence-electron chi connectivity index (χ2n) is 4.51. The van der Waals surface area contributed by atoms with Crippen LogP contribution in [-0.2, 0) is 0 Å². The highest BCUT2D eigenvalue weighted by Gasteiger charge is 2.21. The summed E-state index contributed by atoms with van der Waals surface area (Å²) in [5.41, 5.74) is 2.14. The first-order chi connectivity index (χ1) is 8.29. The van der Waals surface area contributed by atoms with Gasteiger partial charge in [0.2, 0.25) is 0 Å². The lowest BCUT2D eigenvalue weighted by molar-refractivity contribution is 0.299. The van der Waals surface area contributed by atoms with Crippen LogP contribution in [0.25, 0.3) is 0 Å². The molecule has 0 spiro atoms. The molecular formula is C15H18O2. The summed E-state index contributed by atoms with van der Waals surface area (Å²) in [6, 6.07) is 5.99. The largest absolute Gasteiger partial charge is 0.493 e. The standard InChI is InChI=1S/C15H18O2/c1-12-10-15(17-11-13-5-6-13)8-7-14(12)4-2-3-9-16/h7-8,10,13,16H,3,5-6,9,11H2,1H3. The number of hydrogen-bond acceptors (Lipinski definition) is 2. The van der Waals surface area contributed by atoms with E-state index in [1.54, 1.807) is 0 Å². The molecule has 0 aromatic heterocycles. The van der Waals surface area contributed by atoms with Crippen LogP contribution >= 0.6 is 0 Å². The third-order valence-corrected chi connectivity index (χ3v) is 2.84. The summed E-state index contributed by atoms with van der Waals surface area (Å²) in [5, 5.41) is 8.66. The Bertz CT molecular complexity index is 436. The van der Waals surface area contributed by atoms with Gasteiger partial charge in [0, 0.05) is 12.0 Å². The molecule has 0 saturated heterocycles. The minimum Gasteiger partial charge on any atom is -0.493 e. The number of aliphatic hydroxyl groups is 1. The van der Waals surface area contributed by atoms with Crippen LogP contribution in [0.3, 0.4) is 0 Å². The molecule has 2 rings (SSSR count). The van der Waals surface area contributed by atoms with E-state index in [9.17, 15) is 0 Å². The highest BCUT2D eigenvalue weighted by Crippen LogP contribution is 2.29. The second kappa shape index (κ2) is 5.75. The first-order valence-electron chi connectivity index (χ1n) is 6.13. The van der Waals surface area contributed by atoms with Crippen molar-refractivity contribution in [1.82, 2.24) is 0 Å². The molecule has 0 unspecified atom stereocenters. The predicted octanol–water partition coefficient (Wildman–Crippen LogP) is 2.52. The van der Waals surface area contributed by atoms with Gasteiger partial charge in [0.25, 0.3) is 0 Å². The lowest BCUT2D eigenvalue weighted by Gasteiger charge is -2.06. The number of hydrogen-bond donors (Lipinski definition) is 1. The minimum absolute atomic E-state index is 0.120. The van der Waals surface area contributed by atoms with Crippen molar-refractivity contribution in [3.63, 3.8) is 0 Å². The van der Waals surface area contributed by atoms with Crippen LogP contribution in [0.1, 0.15) is 30.4 Å². The fraction of sp³-hybridized carbons (Fsp3) is 0.467. The van der Waals surface area contributed by atoms with Crippen LogP contribution in [0.15, 0.2) is 18.2 Å². The number of rotatable bonds is 4. The minimum atomic E-state index is 0.120. The first kappa shape index (κ1) is 12.0. The Morgan fingerprint density at radius 1 is 1.41 bits per heavy atom. The SMILES string of the molecule is Cc1cc(OCC2CC2)ccc1C#CCCO. The third kappa shape index (κ3) is 3.80. The number of aliphatic hydroxyl groups excluding tert-OH is 1. The zero-order valence-electron chi connectivity index (χ0n) is 10.2. The fourth-order valence-corrected chi connectivity index (χ4v) is 1.58. The maximum absolute atomic E-state index is 8.66. The Labute approximate surface area is 103 Å². The summed E-state index contributed by atoms with van der Waals surface area (Å²) in [7, 11) is 0. The molecule has 0 radical (unpaired) electrons. The van der Waals surface area contributed by atoms with Crippen molar-refractivity contribution in [2.75, 3.05) is 13.2 Å². The van der Waals surface area contributed by atoms with Crippen LogP contribution in [0, 0.1) is 24.7 Å². The maximum atomic E-state index is 8.66. The quantitative estimate of drug-likeness (QED) is 0.805. The first-order valence-corrected chi connectivity index (χ1v) is 6.13. The summed E-state index contributed by atoms with van der Waals surface area (Å²) in [6.45, 7) is 3.00. The van der Waals surface area contributed by atoms with E-state index in [1.165, 1.54) is 12.8 Å². The summed E-state index contributed by atoms with van der Waals surface area (Å²) < 4.78 is 5.70. The Morgan fingerprint density at radius 3 is 2.88 bits per heavy atom. The molecule has 0 aliphatic heterocycles. The molecule has 0 heterocycles. The van der Waals surface area contributed by atoms with Gasteiger partial charge in [0.1, 0.15) is 5.75 Å². The Balaban J connectivity index is 1.97. The van der Waals surface area contributed by atoms with Gasteiger partial charge < -0.3 is 9.84 Å². The van der Waals surface area contributed by atoms with Crippen LogP contribution in [-0.4, -0.2) is 18.3 Å². The van der Waals surface area contributed by atoms with Gasteiger partial charge in [0.05, 0.1) is 13.2 Å². The van der Waals surface area contributed by atoms with Crippen LogP contribution < -0.4 is 4.74 Å². The van der Waals surface area contributed by atoms with E-state index in [1.807, 2.05) is 25.1 Å². The summed E-state index contributed by atoms with van der Waals surface area (Å²) in [6.07, 6.45) is 3.15. The van der Waals surface area contributed by atoms with E-state index in [-0.39, 0.29) is 6.61 Å². The van der Waals surface area contributed by atoms with E-state index in [0.717, 1.165) is 29.4 Å². The topological polar surface area (TPSA) is 29.5 Å².